The number of nitrogens with one attached hydrogen (secondary N) is 1. The van der Waals surface area contributed by atoms with Gasteiger partial charge in [0.2, 0.25) is 5.91 Å². The van der Waals surface area contributed by atoms with Gasteiger partial charge in [-0.2, -0.15) is 0 Å². The Morgan fingerprint density at radius 1 is 1.29 bits per heavy atom. The molecule has 0 heterocycles. The van der Waals surface area contributed by atoms with E-state index in [1.165, 1.54) is 0 Å². The van der Waals surface area contributed by atoms with Crippen LogP contribution >= 0.6 is 0 Å². The summed E-state index contributed by atoms with van der Waals surface area (Å²) in [5.41, 5.74) is 5.22. The first-order valence-electron chi connectivity index (χ1n) is 4.93. The molecule has 0 aromatic heterocycles. The maximum atomic E-state index is 11.0. The molecule has 0 radical (unpaired) electrons. The van der Waals surface area contributed by atoms with Crippen molar-refractivity contribution in [2.24, 2.45) is 5.73 Å². The highest BCUT2D eigenvalue weighted by Crippen LogP contribution is 1.79. The van der Waals surface area contributed by atoms with Crippen LogP contribution in [-0.4, -0.2) is 45.4 Å². The minimum absolute atomic E-state index is 0.102. The molecule has 0 unspecified atom stereocenters. The van der Waals surface area contributed by atoms with Gasteiger partial charge in [-0.1, -0.05) is 6.92 Å². The molecule has 5 nitrogen and oxygen atoms in total. The summed E-state index contributed by atoms with van der Waals surface area (Å²) in [6, 6.07) is 0. The second-order valence-corrected chi connectivity index (χ2v) is 2.80. The second kappa shape index (κ2) is 10.4. The Kier molecular flexibility index (Phi) is 9.95. The number of rotatable bonds is 9. The van der Waals surface area contributed by atoms with E-state index in [2.05, 4.69) is 5.32 Å². The molecule has 0 atom stereocenters. The van der Waals surface area contributed by atoms with E-state index < -0.39 is 0 Å². The van der Waals surface area contributed by atoms with Crippen LogP contribution in [0.3, 0.4) is 0 Å². The van der Waals surface area contributed by atoms with Crippen LogP contribution < -0.4 is 11.1 Å². The van der Waals surface area contributed by atoms with Gasteiger partial charge < -0.3 is 20.5 Å². The van der Waals surface area contributed by atoms with E-state index in [4.69, 9.17) is 15.2 Å². The molecule has 0 fully saturated rings. The van der Waals surface area contributed by atoms with Gasteiger partial charge in [-0.25, -0.2) is 0 Å². The molecule has 0 aliphatic carbocycles. The lowest BCUT2D eigenvalue weighted by Gasteiger charge is -2.05. The van der Waals surface area contributed by atoms with Gasteiger partial charge in [-0.3, -0.25) is 4.79 Å². The molecule has 84 valence electrons. The van der Waals surface area contributed by atoms with Gasteiger partial charge in [0.1, 0.15) is 6.61 Å². The highest BCUT2D eigenvalue weighted by molar-refractivity contribution is 5.77. The topological polar surface area (TPSA) is 73.6 Å². The summed E-state index contributed by atoms with van der Waals surface area (Å²) in [5, 5.41) is 2.67. The number of amides is 1. The highest BCUT2D eigenvalue weighted by atomic mass is 16.5. The van der Waals surface area contributed by atoms with Gasteiger partial charge in [0.05, 0.1) is 13.2 Å². The molecular formula is C9H20N2O3. The number of hydrogen-bond acceptors (Lipinski definition) is 4. The van der Waals surface area contributed by atoms with E-state index in [0.717, 1.165) is 6.42 Å². The van der Waals surface area contributed by atoms with Crippen LogP contribution in [0.15, 0.2) is 0 Å². The van der Waals surface area contributed by atoms with Crippen LogP contribution in [0, 0.1) is 0 Å². The zero-order chi connectivity index (χ0) is 10.6. The summed E-state index contributed by atoms with van der Waals surface area (Å²) in [5.74, 6) is -0.102. The van der Waals surface area contributed by atoms with Crippen molar-refractivity contribution >= 4 is 5.91 Å². The average molecular weight is 204 g/mol. The highest BCUT2D eigenvalue weighted by Gasteiger charge is 1.98. The number of nitrogens with two attached hydrogens (primary N) is 1. The third-order valence-corrected chi connectivity index (χ3v) is 1.41. The first-order chi connectivity index (χ1) is 6.81. The van der Waals surface area contributed by atoms with E-state index in [-0.39, 0.29) is 12.5 Å². The van der Waals surface area contributed by atoms with Gasteiger partial charge in [-0.05, 0) is 6.42 Å². The monoisotopic (exact) mass is 204 g/mol. The molecule has 3 N–H and O–H groups in total. The van der Waals surface area contributed by atoms with Crippen LogP contribution in [0.4, 0.5) is 0 Å². The number of ether oxygens (including phenoxy) is 2. The first kappa shape index (κ1) is 13.4. The van der Waals surface area contributed by atoms with E-state index >= 15 is 0 Å². The van der Waals surface area contributed by atoms with Crippen LogP contribution in [0.2, 0.25) is 0 Å². The molecule has 14 heavy (non-hydrogen) atoms. The zero-order valence-electron chi connectivity index (χ0n) is 8.75. The van der Waals surface area contributed by atoms with Crippen molar-refractivity contribution in [2.75, 3.05) is 39.5 Å². The van der Waals surface area contributed by atoms with Crippen molar-refractivity contribution in [3.05, 3.63) is 0 Å². The summed E-state index contributed by atoms with van der Waals surface area (Å²) in [6.45, 7) is 4.79. The van der Waals surface area contributed by atoms with E-state index in [9.17, 15) is 4.79 Å². The quantitative estimate of drug-likeness (QED) is 0.497. The molecule has 0 saturated carbocycles. The van der Waals surface area contributed by atoms with Gasteiger partial charge in [0.15, 0.2) is 0 Å². The third kappa shape index (κ3) is 9.44. The van der Waals surface area contributed by atoms with Crippen molar-refractivity contribution in [3.63, 3.8) is 0 Å². The minimum Gasteiger partial charge on any atom is -0.378 e. The van der Waals surface area contributed by atoms with E-state index in [1.54, 1.807) is 0 Å². The van der Waals surface area contributed by atoms with Gasteiger partial charge in [-0.15, -0.1) is 0 Å². The number of carbonyl (C=O) groups excluding carboxylic acids is 1. The molecule has 1 amide bonds. The van der Waals surface area contributed by atoms with Gasteiger partial charge in [0.25, 0.3) is 0 Å². The van der Waals surface area contributed by atoms with E-state index in [0.29, 0.717) is 32.9 Å². The SMILES string of the molecule is CCCOCC(=O)NCCOCCN. The molecule has 0 aliphatic rings. The largest absolute Gasteiger partial charge is 0.378 e. The summed E-state index contributed by atoms with van der Waals surface area (Å²) in [6.07, 6.45) is 0.924. The Labute approximate surface area is 84.9 Å². The standard InChI is InChI=1S/C9H20N2O3/c1-2-5-14-8-9(12)11-4-7-13-6-3-10/h2-8,10H2,1H3,(H,11,12). The Hall–Kier alpha value is -0.650. The molecule has 5 heteroatoms. The normalized spacial score (nSPS) is 10.1. The minimum atomic E-state index is -0.102. The Morgan fingerprint density at radius 2 is 2.07 bits per heavy atom. The van der Waals surface area contributed by atoms with Crippen LogP contribution in [0.25, 0.3) is 0 Å². The van der Waals surface area contributed by atoms with Gasteiger partial charge in [0, 0.05) is 19.7 Å². The molecule has 0 bridgehead atoms. The molecular weight excluding hydrogens is 184 g/mol. The molecule has 0 aromatic carbocycles. The van der Waals surface area contributed by atoms with Crippen molar-refractivity contribution in [1.29, 1.82) is 0 Å². The van der Waals surface area contributed by atoms with Crippen molar-refractivity contribution in [3.8, 4) is 0 Å². The Bertz CT molecular complexity index is 142. The summed E-state index contributed by atoms with van der Waals surface area (Å²) in [4.78, 5) is 11.0. The second-order valence-electron chi connectivity index (χ2n) is 2.80. The lowest BCUT2D eigenvalue weighted by atomic mass is 10.5. The Balaban J connectivity index is 3.10. The fourth-order valence-corrected chi connectivity index (χ4v) is 0.808. The van der Waals surface area contributed by atoms with Crippen LogP contribution in [0.5, 0.6) is 0 Å². The molecule has 0 spiro atoms. The average Bonchev–Trinajstić information content (AvgIpc) is 2.18. The maximum absolute atomic E-state index is 11.0. The first-order valence-corrected chi connectivity index (χ1v) is 4.93. The van der Waals surface area contributed by atoms with Crippen LogP contribution in [0.1, 0.15) is 13.3 Å². The maximum Gasteiger partial charge on any atom is 0.246 e. The molecule has 0 aliphatic heterocycles. The Morgan fingerprint density at radius 3 is 2.71 bits per heavy atom. The van der Waals surface area contributed by atoms with Gasteiger partial charge >= 0.3 is 0 Å². The molecule has 0 aromatic rings. The number of carbonyl (C=O) groups is 1. The molecule has 0 saturated heterocycles. The summed E-state index contributed by atoms with van der Waals surface area (Å²) in [7, 11) is 0. The van der Waals surface area contributed by atoms with Crippen molar-refractivity contribution in [2.45, 2.75) is 13.3 Å². The lowest BCUT2D eigenvalue weighted by molar-refractivity contribution is -0.125. The zero-order valence-corrected chi connectivity index (χ0v) is 8.75. The van der Waals surface area contributed by atoms with E-state index in [1.807, 2.05) is 6.92 Å². The number of hydrogen-bond donors (Lipinski definition) is 2. The third-order valence-electron chi connectivity index (χ3n) is 1.41. The fraction of sp³-hybridized carbons (Fsp3) is 0.889. The van der Waals surface area contributed by atoms with Crippen molar-refractivity contribution < 1.29 is 14.3 Å². The summed E-state index contributed by atoms with van der Waals surface area (Å²) >= 11 is 0. The molecule has 0 rings (SSSR count). The van der Waals surface area contributed by atoms with Crippen LogP contribution in [-0.2, 0) is 14.3 Å². The predicted octanol–water partition coefficient (Wildman–Crippen LogP) is -0.495. The summed E-state index contributed by atoms with van der Waals surface area (Å²) < 4.78 is 10.1. The fourth-order valence-electron chi connectivity index (χ4n) is 0.808. The smallest absolute Gasteiger partial charge is 0.246 e. The predicted molar refractivity (Wildman–Crippen MR) is 54.0 cm³/mol. The van der Waals surface area contributed by atoms with Crippen molar-refractivity contribution in [1.82, 2.24) is 5.32 Å². The lowest BCUT2D eigenvalue weighted by Crippen LogP contribution is -2.31.